The van der Waals surface area contributed by atoms with Crippen LogP contribution in [0, 0.1) is 23.3 Å². The lowest BCUT2D eigenvalue weighted by Gasteiger charge is -2.13. The number of aliphatic hydroxyl groups excluding tert-OH is 1. The van der Waals surface area contributed by atoms with E-state index in [1.54, 1.807) is 26.3 Å². The van der Waals surface area contributed by atoms with Gasteiger partial charge >= 0.3 is 5.97 Å². The van der Waals surface area contributed by atoms with Crippen LogP contribution in [0.4, 0.5) is 17.6 Å². The smallest absolute Gasteiger partial charge is 0.307 e. The van der Waals surface area contributed by atoms with Crippen molar-refractivity contribution >= 4 is 58.0 Å². The Balaban J connectivity index is -0.000000610. The molecule has 0 bridgehead atoms. The molecule has 1 amide bonds. The van der Waals surface area contributed by atoms with Crippen molar-refractivity contribution in [3.05, 3.63) is 143 Å². The lowest BCUT2D eigenvalue weighted by Crippen LogP contribution is -2.26. The van der Waals surface area contributed by atoms with Crippen molar-refractivity contribution in [1.29, 1.82) is 0 Å². The number of halogens is 7. The molecule has 0 spiro atoms. The molecule has 4 aromatic rings. The highest BCUT2D eigenvalue weighted by atomic mass is 35.5. The van der Waals surface area contributed by atoms with Crippen molar-refractivity contribution in [3.63, 3.8) is 0 Å². The molecule has 4 rings (SSSR count). The molecule has 298 valence electrons. The van der Waals surface area contributed by atoms with Crippen LogP contribution in [0.25, 0.3) is 0 Å². The normalized spacial score (nSPS) is 9.11. The number of nitrogens with one attached hydrogen (secondary N) is 1. The van der Waals surface area contributed by atoms with Gasteiger partial charge in [0.2, 0.25) is 16.4 Å². The van der Waals surface area contributed by atoms with Gasteiger partial charge in [0, 0.05) is 34.0 Å². The van der Waals surface area contributed by atoms with E-state index < -0.39 is 16.5 Å². The Morgan fingerprint density at radius 3 is 1.04 bits per heavy atom. The third-order valence-corrected chi connectivity index (χ3v) is 6.15. The van der Waals surface area contributed by atoms with Crippen LogP contribution in [-0.4, -0.2) is 73.1 Å². The largest absolute Gasteiger partial charge is 0.481 e. The highest BCUT2D eigenvalue weighted by Gasteiger charge is 2.08. The molecule has 0 fully saturated rings. The van der Waals surface area contributed by atoms with E-state index in [4.69, 9.17) is 38.3 Å². The molecule has 54 heavy (non-hydrogen) atoms. The predicted molar refractivity (Wildman–Crippen MR) is 201 cm³/mol. The molecule has 0 aliphatic rings. The Labute approximate surface area is 327 Å². The van der Waals surface area contributed by atoms with Gasteiger partial charge in [-0.1, -0.05) is 48.5 Å². The summed E-state index contributed by atoms with van der Waals surface area (Å²) >= 11 is 10.2. The first-order valence-electron chi connectivity index (χ1n) is 15.1. The first kappa shape index (κ1) is 53.9. The van der Waals surface area contributed by atoms with Crippen molar-refractivity contribution in [3.8, 4) is 0 Å². The van der Waals surface area contributed by atoms with Gasteiger partial charge in [0.25, 0.3) is 0 Å². The van der Waals surface area contributed by atoms with Crippen LogP contribution in [-0.2, 0) is 54.5 Å². The van der Waals surface area contributed by atoms with E-state index in [2.05, 4.69) is 10.3 Å². The zero-order valence-corrected chi connectivity index (χ0v) is 32.4. The van der Waals surface area contributed by atoms with Crippen LogP contribution in [0.2, 0.25) is 0 Å². The maximum atomic E-state index is 12.5. The van der Waals surface area contributed by atoms with Crippen LogP contribution >= 0.6 is 35.6 Å². The Kier molecular flexibility index (Phi) is 33.1. The molecular weight excluding hydrogens is 783 g/mol. The van der Waals surface area contributed by atoms with E-state index in [1.807, 2.05) is 0 Å². The summed E-state index contributed by atoms with van der Waals surface area (Å²) in [5.74, 6) is -2.34. The second-order valence-electron chi connectivity index (χ2n) is 9.80. The fraction of sp³-hybridized carbons (Fsp3) is 0.243. The lowest BCUT2D eigenvalue weighted by molar-refractivity contribution is -0.167. The van der Waals surface area contributed by atoms with Crippen molar-refractivity contribution in [2.75, 3.05) is 35.4 Å². The number of amides is 1. The molecule has 0 saturated heterocycles. The van der Waals surface area contributed by atoms with Gasteiger partial charge in [-0.2, -0.15) is 0 Å². The molecule has 0 aliphatic carbocycles. The van der Waals surface area contributed by atoms with Crippen LogP contribution in [0.1, 0.15) is 22.3 Å². The molecule has 4 aromatic carbocycles. The molecule has 0 aromatic heterocycles. The van der Waals surface area contributed by atoms with Crippen molar-refractivity contribution in [2.45, 2.75) is 25.7 Å². The van der Waals surface area contributed by atoms with Gasteiger partial charge in [0.05, 0.1) is 27.1 Å². The fourth-order valence-electron chi connectivity index (χ4n) is 3.29. The summed E-state index contributed by atoms with van der Waals surface area (Å²) in [6, 6.07) is 22.6. The summed E-state index contributed by atoms with van der Waals surface area (Å²) in [7, 11) is 7.23. The lowest BCUT2D eigenvalue weighted by atomic mass is 10.1. The average Bonchev–Trinajstić information content (AvgIpc) is 3.13. The summed E-state index contributed by atoms with van der Waals surface area (Å²) in [5.41, 5.74) is 5.26. The quantitative estimate of drug-likeness (QED) is 0.0884. The number of likely N-dealkylation sites (N-methyl/N-ethyl adjacent to an activating group) is 1. The topological polar surface area (TPSA) is 142 Å². The molecule has 0 aliphatic heterocycles. The van der Waals surface area contributed by atoms with Crippen molar-refractivity contribution in [2.24, 2.45) is 0 Å². The van der Waals surface area contributed by atoms with E-state index in [1.165, 1.54) is 99.1 Å². The third kappa shape index (κ3) is 30.1. The van der Waals surface area contributed by atoms with Gasteiger partial charge in [-0.3, -0.25) is 24.0 Å². The molecule has 0 atom stereocenters. The SMILES string of the molecule is CNOC.CO.CON(C)C(=O)Cc1ccc(F)cc1.Cl.O=C(Cl)Cc1ccc(F)cc1.O=C(Cl)Cc1ccc(F)cc1.O=C(O)Cc1ccc(F)cc1. The van der Waals surface area contributed by atoms with Crippen LogP contribution in [0.3, 0.4) is 0 Å². The second-order valence-corrected chi connectivity index (χ2v) is 10.6. The third-order valence-electron chi connectivity index (χ3n) is 5.88. The number of carbonyl (C=O) groups is 4. The number of benzene rings is 4. The number of nitrogens with zero attached hydrogens (tertiary/aromatic N) is 1. The van der Waals surface area contributed by atoms with E-state index in [0.717, 1.165) is 28.9 Å². The minimum absolute atomic E-state index is 0. The van der Waals surface area contributed by atoms with Crippen molar-refractivity contribution < 1.29 is 56.6 Å². The number of carbonyl (C=O) groups excluding carboxylic acids is 3. The Hall–Kier alpha value is -4.41. The van der Waals surface area contributed by atoms with Gasteiger partial charge in [0.15, 0.2) is 0 Å². The maximum Gasteiger partial charge on any atom is 0.307 e. The van der Waals surface area contributed by atoms with Crippen LogP contribution in [0.5, 0.6) is 0 Å². The Morgan fingerprint density at radius 2 is 0.833 bits per heavy atom. The molecule has 0 saturated carbocycles. The fourth-order valence-corrected chi connectivity index (χ4v) is 3.60. The van der Waals surface area contributed by atoms with Gasteiger partial charge in [0.1, 0.15) is 23.3 Å². The molecule has 17 heteroatoms. The van der Waals surface area contributed by atoms with Gasteiger partial charge < -0.3 is 15.1 Å². The summed E-state index contributed by atoms with van der Waals surface area (Å²) in [4.78, 5) is 51.2. The van der Waals surface area contributed by atoms with Crippen LogP contribution in [0.15, 0.2) is 97.1 Å². The van der Waals surface area contributed by atoms with Crippen molar-refractivity contribution in [1.82, 2.24) is 10.5 Å². The summed E-state index contributed by atoms with van der Waals surface area (Å²) in [5, 5.41) is 15.6. The van der Waals surface area contributed by atoms with Crippen LogP contribution < -0.4 is 5.48 Å². The number of hydroxylamine groups is 3. The van der Waals surface area contributed by atoms with E-state index in [0.29, 0.717) is 5.56 Å². The van der Waals surface area contributed by atoms with Gasteiger partial charge in [-0.25, -0.2) is 28.1 Å². The number of aliphatic carboxylic acids is 1. The molecule has 0 unspecified atom stereocenters. The van der Waals surface area contributed by atoms with E-state index in [9.17, 15) is 36.7 Å². The minimum atomic E-state index is -0.906. The number of rotatable bonds is 10. The summed E-state index contributed by atoms with van der Waals surface area (Å²) < 4.78 is 49.4. The van der Waals surface area contributed by atoms with E-state index >= 15 is 0 Å². The minimum Gasteiger partial charge on any atom is -0.481 e. The van der Waals surface area contributed by atoms with E-state index in [-0.39, 0.29) is 67.3 Å². The maximum absolute atomic E-state index is 12.5. The molecule has 0 radical (unpaired) electrons. The number of carboxylic acid groups (broad SMARTS) is 1. The highest BCUT2D eigenvalue weighted by molar-refractivity contribution is 6.64. The number of carboxylic acids is 1. The molecule has 3 N–H and O–H groups in total. The average molecular weight is 826 g/mol. The standard InChI is InChI=1S/C10H12FNO2.2C8H6ClFO.C8H7FO2.C2H7NO.CH4O.ClH/c1-12(14-2)10(13)7-8-3-5-9(11)6-4-8;2*9-8(11)5-6-1-3-7(10)4-2-6;9-7-3-1-6(2-4-7)5-8(10)11;1-3-4-2;1-2;/h3-6H,7H2,1-2H3;2*1-4H,5H2;1-4H,5H2,(H,10,11);3H,1-2H3;2H,1H3;1H. The zero-order valence-electron chi connectivity index (χ0n) is 30.0. The number of hydrogen-bond donors (Lipinski definition) is 3. The Morgan fingerprint density at radius 1 is 0.593 bits per heavy atom. The zero-order chi connectivity index (χ0) is 40.8. The summed E-state index contributed by atoms with van der Waals surface area (Å²) in [6.07, 6.45) is 0.467. The highest BCUT2D eigenvalue weighted by Crippen LogP contribution is 2.07. The van der Waals surface area contributed by atoms with Gasteiger partial charge in [-0.15, -0.1) is 12.4 Å². The number of aliphatic hydroxyl groups is 1. The summed E-state index contributed by atoms with van der Waals surface area (Å²) in [6.45, 7) is 0. The second kappa shape index (κ2) is 33.2. The molecule has 0 heterocycles. The van der Waals surface area contributed by atoms with Gasteiger partial charge in [-0.05, 0) is 94.0 Å². The first-order chi connectivity index (χ1) is 25.1. The number of hydrogen-bond acceptors (Lipinski definition) is 8. The molecular formula is C37H43Cl3F4N2O8. The monoisotopic (exact) mass is 824 g/mol. The molecule has 10 nitrogen and oxygen atoms in total. The Bertz CT molecular complexity index is 1470. The predicted octanol–water partition coefficient (Wildman–Crippen LogP) is 6.91. The first-order valence-corrected chi connectivity index (χ1v) is 15.9.